The van der Waals surface area contributed by atoms with Crippen LogP contribution in [0.2, 0.25) is 0 Å². The molecule has 1 aliphatic carbocycles. The Bertz CT molecular complexity index is 646. The van der Waals surface area contributed by atoms with Crippen molar-refractivity contribution in [2.75, 3.05) is 5.32 Å². The third kappa shape index (κ3) is 2.80. The number of carbonyl (C=O) groups is 1. The monoisotopic (exact) mass is 400 g/mol. The van der Waals surface area contributed by atoms with Crippen molar-refractivity contribution in [2.24, 2.45) is 0 Å². The van der Waals surface area contributed by atoms with E-state index >= 15 is 0 Å². The van der Waals surface area contributed by atoms with Crippen molar-refractivity contribution in [1.29, 1.82) is 0 Å². The van der Waals surface area contributed by atoms with E-state index in [2.05, 4.69) is 10.3 Å². The maximum absolute atomic E-state index is 12.1. The molecule has 0 spiro atoms. The fraction of sp³-hybridized carbons (Fsp3) is 0.286. The Balaban J connectivity index is 1.78. The molecule has 2 N–H and O–H groups in total. The third-order valence-corrected chi connectivity index (χ3v) is 5.26. The number of nitrogens with one attached hydrogen (secondary N) is 1. The summed E-state index contributed by atoms with van der Waals surface area (Å²) in [6.07, 6.45) is 4.45. The molecule has 1 aliphatic rings. The minimum absolute atomic E-state index is 0.122. The predicted molar refractivity (Wildman–Crippen MR) is 87.5 cm³/mol. The fourth-order valence-corrected chi connectivity index (χ4v) is 3.61. The Hall–Kier alpha value is -1.15. The molecule has 0 saturated carbocycles. The van der Waals surface area contributed by atoms with E-state index in [0.29, 0.717) is 10.7 Å². The number of hydrogen-bond acceptors (Lipinski definition) is 4. The highest BCUT2D eigenvalue weighted by atomic mass is 127. The van der Waals surface area contributed by atoms with E-state index < -0.39 is 0 Å². The molecule has 0 aliphatic heterocycles. The maximum atomic E-state index is 12.1. The topological polar surface area (TPSA) is 62.2 Å². The number of carbonyl (C=O) groups excluding carboxylic acids is 1. The molecule has 1 aromatic carbocycles. The molecule has 0 bridgehead atoms. The highest BCUT2D eigenvalue weighted by molar-refractivity contribution is 14.1. The summed E-state index contributed by atoms with van der Waals surface area (Å²) in [7, 11) is 0. The highest BCUT2D eigenvalue weighted by Gasteiger charge is 2.17. The molecule has 4 nitrogen and oxygen atoms in total. The number of nitrogens with zero attached hydrogens (tertiary/aromatic N) is 1. The van der Waals surface area contributed by atoms with Crippen LogP contribution in [-0.2, 0) is 12.8 Å². The number of rotatable bonds is 2. The number of anilines is 1. The van der Waals surface area contributed by atoms with E-state index in [0.717, 1.165) is 22.1 Å². The van der Waals surface area contributed by atoms with Gasteiger partial charge in [-0.05, 0) is 66.5 Å². The zero-order valence-electron chi connectivity index (χ0n) is 10.6. The minimum Gasteiger partial charge on any atom is -0.507 e. The summed E-state index contributed by atoms with van der Waals surface area (Å²) in [5.74, 6) is -0.112. The first-order valence-corrected chi connectivity index (χ1v) is 8.31. The van der Waals surface area contributed by atoms with Gasteiger partial charge in [-0.15, -0.1) is 11.3 Å². The number of halogens is 1. The van der Waals surface area contributed by atoms with Gasteiger partial charge in [0.2, 0.25) is 0 Å². The molecule has 6 heteroatoms. The standard InChI is InChI=1S/C14H13IN2O2S/c15-9-6-5-8(7-11(9)18)13(19)17-14-16-10-3-1-2-4-12(10)20-14/h5-7,18H,1-4H2,(H,16,17,19). The van der Waals surface area contributed by atoms with Gasteiger partial charge in [-0.25, -0.2) is 4.98 Å². The van der Waals surface area contributed by atoms with E-state index in [1.165, 1.54) is 23.8 Å². The van der Waals surface area contributed by atoms with Crippen LogP contribution < -0.4 is 5.32 Å². The number of aromatic hydroxyl groups is 1. The summed E-state index contributed by atoms with van der Waals surface area (Å²) >= 11 is 3.58. The van der Waals surface area contributed by atoms with E-state index in [1.54, 1.807) is 23.5 Å². The van der Waals surface area contributed by atoms with Crippen LogP contribution in [0.15, 0.2) is 18.2 Å². The van der Waals surface area contributed by atoms with Crippen molar-refractivity contribution < 1.29 is 9.90 Å². The van der Waals surface area contributed by atoms with E-state index in [-0.39, 0.29) is 11.7 Å². The predicted octanol–water partition coefficient (Wildman–Crippen LogP) is 3.58. The summed E-state index contributed by atoms with van der Waals surface area (Å²) < 4.78 is 0.726. The van der Waals surface area contributed by atoms with Gasteiger partial charge in [0.1, 0.15) is 5.75 Å². The van der Waals surface area contributed by atoms with Crippen LogP contribution in [-0.4, -0.2) is 16.0 Å². The number of phenolic OH excluding ortho intramolecular Hbond substituents is 1. The van der Waals surface area contributed by atoms with Crippen LogP contribution in [0.25, 0.3) is 0 Å². The number of phenols is 1. The highest BCUT2D eigenvalue weighted by Crippen LogP contribution is 2.30. The van der Waals surface area contributed by atoms with Crippen LogP contribution >= 0.6 is 33.9 Å². The Morgan fingerprint density at radius 2 is 2.15 bits per heavy atom. The van der Waals surface area contributed by atoms with Gasteiger partial charge in [-0.2, -0.15) is 0 Å². The van der Waals surface area contributed by atoms with E-state index in [9.17, 15) is 9.90 Å². The smallest absolute Gasteiger partial charge is 0.257 e. The molecule has 0 fully saturated rings. The summed E-state index contributed by atoms with van der Waals surface area (Å²) in [4.78, 5) is 17.9. The number of amides is 1. The lowest BCUT2D eigenvalue weighted by atomic mass is 10.0. The van der Waals surface area contributed by atoms with Crippen molar-refractivity contribution in [3.05, 3.63) is 37.9 Å². The number of fused-ring (bicyclic) bond motifs is 1. The molecule has 20 heavy (non-hydrogen) atoms. The van der Waals surface area contributed by atoms with Crippen molar-refractivity contribution in [1.82, 2.24) is 4.98 Å². The number of aryl methyl sites for hydroxylation is 2. The van der Waals surface area contributed by atoms with Crippen molar-refractivity contribution in [3.63, 3.8) is 0 Å². The van der Waals surface area contributed by atoms with Gasteiger partial charge in [0, 0.05) is 10.4 Å². The van der Waals surface area contributed by atoms with Gasteiger partial charge in [0.15, 0.2) is 5.13 Å². The molecular formula is C14H13IN2O2S. The van der Waals surface area contributed by atoms with Crippen molar-refractivity contribution >= 4 is 45.0 Å². The molecule has 1 aromatic heterocycles. The summed E-state index contributed by atoms with van der Waals surface area (Å²) in [6.45, 7) is 0. The number of hydrogen-bond donors (Lipinski definition) is 2. The van der Waals surface area contributed by atoms with Gasteiger partial charge in [-0.1, -0.05) is 0 Å². The van der Waals surface area contributed by atoms with Crippen LogP contribution in [0, 0.1) is 3.57 Å². The Labute approximate surface area is 134 Å². The number of benzene rings is 1. The summed E-state index contributed by atoms with van der Waals surface area (Å²) in [5, 5.41) is 13.1. The Morgan fingerprint density at radius 3 is 2.90 bits per heavy atom. The molecule has 0 unspecified atom stereocenters. The molecule has 3 rings (SSSR count). The zero-order chi connectivity index (χ0) is 14.1. The normalized spacial score (nSPS) is 13.8. The summed E-state index contributed by atoms with van der Waals surface area (Å²) in [6, 6.07) is 4.90. The average molecular weight is 400 g/mol. The van der Waals surface area contributed by atoms with Crippen LogP contribution in [0.3, 0.4) is 0 Å². The van der Waals surface area contributed by atoms with E-state index in [1.807, 2.05) is 22.6 Å². The van der Waals surface area contributed by atoms with Crippen LogP contribution in [0.1, 0.15) is 33.8 Å². The molecule has 0 saturated heterocycles. The fourth-order valence-electron chi connectivity index (χ4n) is 2.23. The average Bonchev–Trinajstić information content (AvgIpc) is 2.83. The van der Waals surface area contributed by atoms with Crippen molar-refractivity contribution in [3.8, 4) is 5.75 Å². The van der Waals surface area contributed by atoms with Gasteiger partial charge in [-0.3, -0.25) is 10.1 Å². The molecule has 2 aromatic rings. The van der Waals surface area contributed by atoms with E-state index in [4.69, 9.17) is 0 Å². The van der Waals surface area contributed by atoms with Gasteiger partial charge < -0.3 is 5.11 Å². The molecule has 0 radical (unpaired) electrons. The van der Waals surface area contributed by atoms with Crippen LogP contribution in [0.5, 0.6) is 5.75 Å². The zero-order valence-corrected chi connectivity index (χ0v) is 13.6. The van der Waals surface area contributed by atoms with Gasteiger partial charge in [0.05, 0.1) is 9.26 Å². The first-order valence-electron chi connectivity index (χ1n) is 6.42. The second-order valence-electron chi connectivity index (χ2n) is 4.72. The van der Waals surface area contributed by atoms with Gasteiger partial charge >= 0.3 is 0 Å². The second-order valence-corrected chi connectivity index (χ2v) is 6.96. The third-order valence-electron chi connectivity index (χ3n) is 3.27. The van der Waals surface area contributed by atoms with Crippen molar-refractivity contribution in [2.45, 2.75) is 25.7 Å². The second kappa shape index (κ2) is 5.69. The quantitative estimate of drug-likeness (QED) is 0.758. The molecular weight excluding hydrogens is 387 g/mol. The first kappa shape index (κ1) is 13.8. The number of aromatic nitrogens is 1. The molecule has 1 heterocycles. The van der Waals surface area contributed by atoms with Gasteiger partial charge in [0.25, 0.3) is 5.91 Å². The Morgan fingerprint density at radius 1 is 1.35 bits per heavy atom. The lowest BCUT2D eigenvalue weighted by Gasteiger charge is -2.06. The molecule has 104 valence electrons. The first-order chi connectivity index (χ1) is 9.63. The SMILES string of the molecule is O=C(Nc1nc2c(s1)CCCC2)c1ccc(I)c(O)c1. The minimum atomic E-state index is -0.234. The Kier molecular flexibility index (Phi) is 3.93. The van der Waals surface area contributed by atoms with Crippen LogP contribution in [0.4, 0.5) is 5.13 Å². The lowest BCUT2D eigenvalue weighted by Crippen LogP contribution is -2.11. The maximum Gasteiger partial charge on any atom is 0.257 e. The molecule has 1 amide bonds. The molecule has 0 atom stereocenters. The summed E-state index contributed by atoms with van der Waals surface area (Å²) in [5.41, 5.74) is 1.57. The number of thiazole rings is 1. The lowest BCUT2D eigenvalue weighted by molar-refractivity contribution is 0.102. The largest absolute Gasteiger partial charge is 0.507 e.